The minimum absolute atomic E-state index is 1.25. The Morgan fingerprint density at radius 1 is 0.667 bits per heavy atom. The molecule has 9 heavy (non-hydrogen) atoms. The van der Waals surface area contributed by atoms with Crippen molar-refractivity contribution in [2.75, 3.05) is 32.8 Å². The molecule has 52 valence electrons. The van der Waals surface area contributed by atoms with Crippen molar-refractivity contribution >= 4 is 0 Å². The summed E-state index contributed by atoms with van der Waals surface area (Å²) in [5, 5.41) is 0. The molecule has 0 amide bonds. The molecule has 0 aliphatic carbocycles. The van der Waals surface area contributed by atoms with E-state index in [9.17, 15) is 0 Å². The van der Waals surface area contributed by atoms with Crippen molar-refractivity contribution in [2.45, 2.75) is 12.8 Å². The predicted molar refractivity (Wildman–Crippen MR) is 37.2 cm³/mol. The fourth-order valence-corrected chi connectivity index (χ4v) is 1.83. The van der Waals surface area contributed by atoms with E-state index in [1.54, 1.807) is 0 Å². The minimum Gasteiger partial charge on any atom is -0.290 e. The molecule has 0 aromatic heterocycles. The van der Waals surface area contributed by atoms with Crippen LogP contribution < -0.4 is 0 Å². The molecule has 2 saturated heterocycles. The standard InChI is InChI=1S/C7H14N2/c1-3-8-5-2-6-9(4-1)7-8/h1-7H2. The van der Waals surface area contributed by atoms with Crippen LogP contribution in [0.2, 0.25) is 0 Å². The van der Waals surface area contributed by atoms with Crippen LogP contribution in [0.4, 0.5) is 0 Å². The van der Waals surface area contributed by atoms with Gasteiger partial charge in [-0.05, 0) is 12.8 Å². The molecule has 0 spiro atoms. The number of nitrogens with zero attached hydrogens (tertiary/aromatic N) is 2. The summed E-state index contributed by atoms with van der Waals surface area (Å²) in [6.45, 7) is 6.62. The van der Waals surface area contributed by atoms with E-state index in [0.29, 0.717) is 0 Å². The first-order valence-corrected chi connectivity index (χ1v) is 3.90. The smallest absolute Gasteiger partial charge is 0.0506 e. The fourth-order valence-electron chi connectivity index (χ4n) is 1.83. The van der Waals surface area contributed by atoms with Crippen LogP contribution in [0.3, 0.4) is 0 Å². The molecular formula is C7H14N2. The second-order valence-corrected chi connectivity index (χ2v) is 3.08. The molecule has 2 rings (SSSR count). The molecule has 2 fully saturated rings. The van der Waals surface area contributed by atoms with Crippen LogP contribution in [0.1, 0.15) is 12.8 Å². The lowest BCUT2D eigenvalue weighted by molar-refractivity contribution is 0.0461. The zero-order valence-electron chi connectivity index (χ0n) is 5.84. The highest BCUT2D eigenvalue weighted by Crippen LogP contribution is 2.11. The van der Waals surface area contributed by atoms with Gasteiger partial charge in [0.25, 0.3) is 0 Å². The normalized spacial score (nSPS) is 42.7. The lowest BCUT2D eigenvalue weighted by atomic mass is 10.2. The Kier molecular flexibility index (Phi) is 1.44. The van der Waals surface area contributed by atoms with Crippen molar-refractivity contribution in [1.29, 1.82) is 0 Å². The van der Waals surface area contributed by atoms with Gasteiger partial charge in [-0.15, -0.1) is 0 Å². The Bertz CT molecular complexity index is 83.1. The molecule has 0 aromatic carbocycles. The van der Waals surface area contributed by atoms with Gasteiger partial charge >= 0.3 is 0 Å². The predicted octanol–water partition coefficient (Wildman–Crippen LogP) is 0.355. The first-order valence-electron chi connectivity index (χ1n) is 3.90. The Morgan fingerprint density at radius 3 is 1.44 bits per heavy atom. The van der Waals surface area contributed by atoms with Gasteiger partial charge in [0, 0.05) is 26.2 Å². The van der Waals surface area contributed by atoms with E-state index >= 15 is 0 Å². The van der Waals surface area contributed by atoms with Gasteiger partial charge in [0.05, 0.1) is 6.67 Å². The summed E-state index contributed by atoms with van der Waals surface area (Å²) in [7, 11) is 0. The van der Waals surface area contributed by atoms with E-state index in [1.807, 2.05) is 0 Å². The Morgan fingerprint density at radius 2 is 1.11 bits per heavy atom. The molecule has 2 heterocycles. The van der Waals surface area contributed by atoms with Gasteiger partial charge in [0.2, 0.25) is 0 Å². The first-order chi connectivity index (χ1) is 4.45. The van der Waals surface area contributed by atoms with E-state index in [-0.39, 0.29) is 0 Å². The summed E-state index contributed by atoms with van der Waals surface area (Å²) in [6.07, 6.45) is 2.78. The maximum Gasteiger partial charge on any atom is 0.0506 e. The second kappa shape index (κ2) is 2.27. The molecular weight excluding hydrogens is 112 g/mol. The molecule has 2 aliphatic heterocycles. The van der Waals surface area contributed by atoms with Crippen molar-refractivity contribution in [3.8, 4) is 0 Å². The van der Waals surface area contributed by atoms with Crippen molar-refractivity contribution in [2.24, 2.45) is 0 Å². The van der Waals surface area contributed by atoms with Crippen LogP contribution in [0, 0.1) is 0 Å². The largest absolute Gasteiger partial charge is 0.290 e. The molecule has 2 aliphatic rings. The number of fused-ring (bicyclic) bond motifs is 2. The van der Waals surface area contributed by atoms with E-state index in [2.05, 4.69) is 9.80 Å². The molecule has 0 atom stereocenters. The highest BCUT2D eigenvalue weighted by atomic mass is 15.3. The van der Waals surface area contributed by atoms with Gasteiger partial charge in [-0.3, -0.25) is 9.80 Å². The van der Waals surface area contributed by atoms with Crippen LogP contribution in [0.25, 0.3) is 0 Å². The van der Waals surface area contributed by atoms with Crippen LogP contribution in [0.15, 0.2) is 0 Å². The third-order valence-electron chi connectivity index (χ3n) is 2.30. The van der Waals surface area contributed by atoms with Crippen molar-refractivity contribution in [3.05, 3.63) is 0 Å². The third-order valence-corrected chi connectivity index (χ3v) is 2.30. The summed E-state index contributed by atoms with van der Waals surface area (Å²) < 4.78 is 0. The fraction of sp³-hybridized carbons (Fsp3) is 1.00. The van der Waals surface area contributed by atoms with Crippen molar-refractivity contribution in [1.82, 2.24) is 9.80 Å². The van der Waals surface area contributed by atoms with Crippen LogP contribution in [-0.4, -0.2) is 42.6 Å². The summed E-state index contributed by atoms with van der Waals surface area (Å²) in [5.74, 6) is 0. The van der Waals surface area contributed by atoms with Crippen molar-refractivity contribution in [3.63, 3.8) is 0 Å². The molecule has 2 nitrogen and oxygen atoms in total. The van der Waals surface area contributed by atoms with E-state index in [4.69, 9.17) is 0 Å². The molecule has 2 heteroatoms. The lowest BCUT2D eigenvalue weighted by Gasteiger charge is -2.39. The zero-order chi connectivity index (χ0) is 6.10. The topological polar surface area (TPSA) is 6.48 Å². The molecule has 0 unspecified atom stereocenters. The molecule has 0 aromatic rings. The summed E-state index contributed by atoms with van der Waals surface area (Å²) in [4.78, 5) is 5.10. The maximum absolute atomic E-state index is 2.55. The Hall–Kier alpha value is -0.0800. The Labute approximate surface area is 56.4 Å². The lowest BCUT2D eigenvalue weighted by Crippen LogP contribution is -2.49. The Balaban J connectivity index is 1.96. The van der Waals surface area contributed by atoms with Gasteiger partial charge in [0.1, 0.15) is 0 Å². The number of rotatable bonds is 0. The first kappa shape index (κ1) is 5.69. The van der Waals surface area contributed by atoms with Gasteiger partial charge < -0.3 is 0 Å². The van der Waals surface area contributed by atoms with Gasteiger partial charge in [-0.25, -0.2) is 0 Å². The molecule has 0 radical (unpaired) electrons. The highest BCUT2D eigenvalue weighted by molar-refractivity contribution is 4.73. The molecule has 0 saturated carbocycles. The van der Waals surface area contributed by atoms with Crippen molar-refractivity contribution < 1.29 is 0 Å². The highest BCUT2D eigenvalue weighted by Gasteiger charge is 2.20. The molecule has 0 N–H and O–H groups in total. The average Bonchev–Trinajstić information content (AvgIpc) is 1.88. The second-order valence-electron chi connectivity index (χ2n) is 3.08. The SMILES string of the molecule is C1CN2CCCN(C1)C2. The van der Waals surface area contributed by atoms with Crippen LogP contribution in [-0.2, 0) is 0 Å². The minimum atomic E-state index is 1.25. The summed E-state index contributed by atoms with van der Waals surface area (Å²) in [6, 6.07) is 0. The maximum atomic E-state index is 2.55. The van der Waals surface area contributed by atoms with E-state index < -0.39 is 0 Å². The van der Waals surface area contributed by atoms with E-state index in [1.165, 1.54) is 45.7 Å². The number of hydrogen-bond acceptors (Lipinski definition) is 2. The third kappa shape index (κ3) is 1.10. The average molecular weight is 126 g/mol. The van der Waals surface area contributed by atoms with Gasteiger partial charge in [-0.1, -0.05) is 0 Å². The van der Waals surface area contributed by atoms with Crippen LogP contribution >= 0.6 is 0 Å². The summed E-state index contributed by atoms with van der Waals surface area (Å²) >= 11 is 0. The van der Waals surface area contributed by atoms with E-state index in [0.717, 1.165) is 0 Å². The summed E-state index contributed by atoms with van der Waals surface area (Å²) in [5.41, 5.74) is 0. The quantitative estimate of drug-likeness (QED) is 0.462. The molecule has 2 bridgehead atoms. The zero-order valence-corrected chi connectivity index (χ0v) is 5.84. The van der Waals surface area contributed by atoms with Gasteiger partial charge in [-0.2, -0.15) is 0 Å². The van der Waals surface area contributed by atoms with Gasteiger partial charge in [0.15, 0.2) is 0 Å². The van der Waals surface area contributed by atoms with Crippen LogP contribution in [0.5, 0.6) is 0 Å². The monoisotopic (exact) mass is 126 g/mol. The number of hydrogen-bond donors (Lipinski definition) is 0.